The number of nitrogens with one attached hydrogen (secondary N) is 1. The van der Waals surface area contributed by atoms with Crippen LogP contribution in [-0.2, 0) is 27.5 Å². The molecule has 0 radical (unpaired) electrons. The fraction of sp³-hybridized carbons (Fsp3) is 0.276. The number of halogens is 3. The lowest BCUT2D eigenvalue weighted by Crippen LogP contribution is -2.21. The molecule has 0 unspecified atom stereocenters. The van der Waals surface area contributed by atoms with Gasteiger partial charge in [-0.1, -0.05) is 55.2 Å². The van der Waals surface area contributed by atoms with Gasteiger partial charge in [0.15, 0.2) is 9.84 Å². The van der Waals surface area contributed by atoms with Crippen LogP contribution in [0.4, 0.5) is 4.39 Å². The molecule has 0 spiro atoms. The molecule has 1 heterocycles. The number of hydrogen-bond acceptors (Lipinski definition) is 5. The predicted octanol–water partition coefficient (Wildman–Crippen LogP) is 6.64. The molecule has 0 aliphatic carbocycles. The van der Waals surface area contributed by atoms with E-state index in [1.807, 2.05) is 19.9 Å². The van der Waals surface area contributed by atoms with Gasteiger partial charge in [-0.2, -0.15) is 0 Å². The summed E-state index contributed by atoms with van der Waals surface area (Å²) in [6.45, 7) is 6.37. The number of hydrogen-bond donors (Lipinski definition) is 3. The maximum absolute atomic E-state index is 15.2. The summed E-state index contributed by atoms with van der Waals surface area (Å²) in [7, 11) is -3.86. The molecular formula is C29H29Cl2FN2O4S. The molecule has 0 amide bonds. The minimum absolute atomic E-state index is 0.288. The number of aromatic nitrogens is 2. The average molecular weight is 592 g/mol. The number of H-pyrrole nitrogens is 1. The Kier molecular flexibility index (Phi) is 7.75. The molecule has 1 aromatic heterocycles. The zero-order chi connectivity index (χ0) is 28.9. The molecule has 0 saturated carbocycles. The Morgan fingerprint density at radius 2 is 1.64 bits per heavy atom. The third-order valence-corrected chi connectivity index (χ3v) is 8.61. The predicted molar refractivity (Wildman–Crippen MR) is 152 cm³/mol. The monoisotopic (exact) mass is 590 g/mol. The summed E-state index contributed by atoms with van der Waals surface area (Å²) < 4.78 is 40.2. The van der Waals surface area contributed by atoms with E-state index < -0.39 is 33.3 Å². The van der Waals surface area contributed by atoms with Gasteiger partial charge < -0.3 is 15.2 Å². The van der Waals surface area contributed by atoms with Gasteiger partial charge in [-0.3, -0.25) is 0 Å². The molecule has 3 aromatic carbocycles. The fourth-order valence-corrected chi connectivity index (χ4v) is 6.54. The first-order valence-corrected chi connectivity index (χ1v) is 14.7. The second-order valence-corrected chi connectivity index (χ2v) is 13.4. The van der Waals surface area contributed by atoms with E-state index in [-0.39, 0.29) is 10.5 Å². The van der Waals surface area contributed by atoms with Crippen LogP contribution in [0.1, 0.15) is 50.1 Å². The number of aromatic amines is 1. The Morgan fingerprint density at radius 3 is 2.18 bits per heavy atom. The first kappa shape index (κ1) is 29.2. The van der Waals surface area contributed by atoms with Crippen molar-refractivity contribution in [2.75, 3.05) is 6.26 Å². The van der Waals surface area contributed by atoms with Crippen LogP contribution in [0.5, 0.6) is 0 Å². The van der Waals surface area contributed by atoms with Crippen molar-refractivity contribution in [2.24, 2.45) is 0 Å². The zero-order valence-corrected chi connectivity index (χ0v) is 24.4. The van der Waals surface area contributed by atoms with Gasteiger partial charge >= 0.3 is 0 Å². The SMILES string of the molecule is CC(C)(O)c1cnc(-c2ccc(-c3cc(F)c(CO)c(S(C)(=O)=O)c3)c(C(C)(C)c3c(Cl)cccc3Cl)c2)[nH]1. The molecule has 0 aliphatic rings. The van der Waals surface area contributed by atoms with Crippen molar-refractivity contribution in [2.45, 2.75) is 50.2 Å². The lowest BCUT2D eigenvalue weighted by atomic mass is 9.74. The van der Waals surface area contributed by atoms with Gasteiger partial charge in [0.2, 0.25) is 0 Å². The van der Waals surface area contributed by atoms with Gasteiger partial charge in [0.25, 0.3) is 0 Å². The highest BCUT2D eigenvalue weighted by Crippen LogP contribution is 2.45. The molecule has 4 aromatic rings. The van der Waals surface area contributed by atoms with Crippen LogP contribution in [0.3, 0.4) is 0 Å². The Hall–Kier alpha value is -2.75. The van der Waals surface area contributed by atoms with Crippen molar-refractivity contribution in [3.05, 3.63) is 93.0 Å². The third-order valence-electron chi connectivity index (χ3n) is 6.81. The summed E-state index contributed by atoms with van der Waals surface area (Å²) in [6.07, 6.45) is 2.53. The fourth-order valence-electron chi connectivity index (χ4n) is 4.72. The van der Waals surface area contributed by atoms with E-state index in [2.05, 4.69) is 9.97 Å². The van der Waals surface area contributed by atoms with E-state index in [0.717, 1.165) is 6.26 Å². The molecule has 0 fully saturated rings. The van der Waals surface area contributed by atoms with Gasteiger partial charge in [-0.05, 0) is 66.4 Å². The maximum Gasteiger partial charge on any atom is 0.176 e. The Bertz CT molecular complexity index is 1660. The lowest BCUT2D eigenvalue weighted by Gasteiger charge is -2.31. The highest BCUT2D eigenvalue weighted by atomic mass is 35.5. The molecule has 3 N–H and O–H groups in total. The number of benzene rings is 3. The average Bonchev–Trinajstić information content (AvgIpc) is 3.33. The van der Waals surface area contributed by atoms with Gasteiger partial charge in [0.05, 0.1) is 23.4 Å². The quantitative estimate of drug-likeness (QED) is 0.224. The number of nitrogens with zero attached hydrogens (tertiary/aromatic N) is 1. The van der Waals surface area contributed by atoms with E-state index >= 15 is 4.39 Å². The minimum atomic E-state index is -3.86. The Balaban J connectivity index is 2.04. The zero-order valence-electron chi connectivity index (χ0n) is 22.1. The number of sulfone groups is 1. The van der Waals surface area contributed by atoms with E-state index in [1.165, 1.54) is 12.1 Å². The normalized spacial score (nSPS) is 12.7. The second kappa shape index (κ2) is 10.3. The second-order valence-electron chi connectivity index (χ2n) is 10.6. The molecule has 0 saturated heterocycles. The van der Waals surface area contributed by atoms with Crippen LogP contribution in [-0.4, -0.2) is 34.9 Å². The van der Waals surface area contributed by atoms with Crippen LogP contribution in [0.25, 0.3) is 22.5 Å². The van der Waals surface area contributed by atoms with Crippen molar-refractivity contribution in [1.82, 2.24) is 9.97 Å². The standard InChI is InChI=1S/C29H29Cl2FN2O4S/c1-28(2,26-21(30)7-6-8-22(26)31)20-11-16(27-33-14-25(34-27)29(3,4)36)9-10-18(20)17-12-23(32)19(15-35)24(13-17)39(5,37)38/h6-14,35-36H,15H2,1-5H3,(H,33,34). The van der Waals surface area contributed by atoms with Crippen LogP contribution in [0.2, 0.25) is 10.0 Å². The number of imidazole rings is 1. The smallest absolute Gasteiger partial charge is 0.176 e. The summed E-state index contributed by atoms with van der Waals surface area (Å²) in [5.41, 5.74) is 1.10. The van der Waals surface area contributed by atoms with Crippen molar-refractivity contribution >= 4 is 33.0 Å². The highest BCUT2D eigenvalue weighted by molar-refractivity contribution is 7.90. The Labute approximate surface area is 237 Å². The van der Waals surface area contributed by atoms with E-state index in [0.29, 0.717) is 49.4 Å². The van der Waals surface area contributed by atoms with Crippen molar-refractivity contribution in [3.63, 3.8) is 0 Å². The summed E-state index contributed by atoms with van der Waals surface area (Å²) in [5, 5.41) is 20.9. The molecule has 4 rings (SSSR count). The first-order chi connectivity index (χ1) is 18.1. The largest absolute Gasteiger partial charge is 0.392 e. The lowest BCUT2D eigenvalue weighted by molar-refractivity contribution is 0.0744. The van der Waals surface area contributed by atoms with Crippen molar-refractivity contribution < 1.29 is 23.0 Å². The molecule has 206 valence electrons. The van der Waals surface area contributed by atoms with Gasteiger partial charge in [0, 0.05) is 32.8 Å². The molecular weight excluding hydrogens is 562 g/mol. The number of aliphatic hydroxyl groups is 2. The van der Waals surface area contributed by atoms with Crippen LogP contribution in [0, 0.1) is 5.82 Å². The van der Waals surface area contributed by atoms with Crippen LogP contribution < -0.4 is 0 Å². The molecule has 0 atom stereocenters. The topological polar surface area (TPSA) is 103 Å². The van der Waals surface area contributed by atoms with Crippen molar-refractivity contribution in [1.29, 1.82) is 0 Å². The number of rotatable bonds is 7. The summed E-state index contributed by atoms with van der Waals surface area (Å²) in [6, 6.07) is 13.2. The summed E-state index contributed by atoms with van der Waals surface area (Å²) in [5.74, 6) is -0.334. The molecule has 10 heteroatoms. The van der Waals surface area contributed by atoms with Crippen molar-refractivity contribution in [3.8, 4) is 22.5 Å². The Morgan fingerprint density at radius 1 is 1.00 bits per heavy atom. The van der Waals surface area contributed by atoms with E-state index in [9.17, 15) is 18.6 Å². The number of aliphatic hydroxyl groups excluding tert-OH is 1. The van der Waals surface area contributed by atoms with Gasteiger partial charge in [-0.25, -0.2) is 17.8 Å². The van der Waals surface area contributed by atoms with Gasteiger partial charge in [-0.15, -0.1) is 0 Å². The summed E-state index contributed by atoms with van der Waals surface area (Å²) in [4.78, 5) is 7.29. The summed E-state index contributed by atoms with van der Waals surface area (Å²) >= 11 is 13.2. The van der Waals surface area contributed by atoms with E-state index in [4.69, 9.17) is 23.2 Å². The molecule has 0 bridgehead atoms. The minimum Gasteiger partial charge on any atom is -0.392 e. The maximum atomic E-state index is 15.2. The molecule has 6 nitrogen and oxygen atoms in total. The highest BCUT2D eigenvalue weighted by Gasteiger charge is 2.32. The van der Waals surface area contributed by atoms with Crippen LogP contribution in [0.15, 0.2) is 59.6 Å². The molecule has 39 heavy (non-hydrogen) atoms. The van der Waals surface area contributed by atoms with E-state index in [1.54, 1.807) is 50.4 Å². The van der Waals surface area contributed by atoms with Crippen LogP contribution >= 0.6 is 23.2 Å². The third kappa shape index (κ3) is 5.62. The molecule has 0 aliphatic heterocycles. The van der Waals surface area contributed by atoms with Gasteiger partial charge in [0.1, 0.15) is 17.2 Å². The first-order valence-electron chi connectivity index (χ1n) is 12.1.